The SMILES string of the molecule is C[C@@H]1[C@@H]2CC(CN1C(=O)[C@@H](NS(=O)(=O)c1ccc(F)s1)C(C)(C)C)C2(C)C. The Morgan fingerprint density at radius 2 is 2.00 bits per heavy atom. The number of nitrogens with zero attached hydrogens (tertiary/aromatic N) is 1. The molecule has 8 heteroatoms. The van der Waals surface area contributed by atoms with Crippen LogP contribution < -0.4 is 4.72 Å². The smallest absolute Gasteiger partial charge is 0.250 e. The maximum absolute atomic E-state index is 13.4. The fourth-order valence-electron chi connectivity index (χ4n) is 4.52. The fraction of sp³-hybridized carbons (Fsp3) is 0.737. The minimum atomic E-state index is -3.97. The van der Waals surface area contributed by atoms with Crippen LogP contribution in [0.2, 0.25) is 0 Å². The van der Waals surface area contributed by atoms with Crippen molar-refractivity contribution >= 4 is 27.3 Å². The molecule has 1 saturated carbocycles. The van der Waals surface area contributed by atoms with E-state index >= 15 is 0 Å². The van der Waals surface area contributed by atoms with Crippen molar-refractivity contribution in [2.45, 2.75) is 64.3 Å². The molecular weight excluding hydrogens is 387 g/mol. The van der Waals surface area contributed by atoms with Crippen LogP contribution in [0.15, 0.2) is 16.3 Å². The number of sulfonamides is 1. The zero-order chi connectivity index (χ0) is 20.4. The van der Waals surface area contributed by atoms with E-state index in [0.29, 0.717) is 29.7 Å². The number of thiophene rings is 1. The first-order valence-corrected chi connectivity index (χ1v) is 11.6. The molecule has 5 nitrogen and oxygen atoms in total. The Labute approximate surface area is 165 Å². The number of fused-ring (bicyclic) bond motifs is 2. The summed E-state index contributed by atoms with van der Waals surface area (Å²) in [5.74, 6) is 0.691. The van der Waals surface area contributed by atoms with Crippen molar-refractivity contribution in [3.8, 4) is 0 Å². The highest BCUT2D eigenvalue weighted by molar-refractivity contribution is 7.91. The predicted octanol–water partition coefficient (Wildman–Crippen LogP) is 3.47. The van der Waals surface area contributed by atoms with E-state index in [1.807, 2.05) is 25.7 Å². The molecule has 2 saturated heterocycles. The third kappa shape index (κ3) is 3.56. The van der Waals surface area contributed by atoms with Gasteiger partial charge in [0.15, 0.2) is 5.13 Å². The average Bonchev–Trinajstić information content (AvgIpc) is 2.98. The molecule has 3 aliphatic rings. The molecule has 2 bridgehead atoms. The molecule has 0 radical (unpaired) electrons. The number of hydrogen-bond donors (Lipinski definition) is 1. The highest BCUT2D eigenvalue weighted by Crippen LogP contribution is 2.57. The molecule has 27 heavy (non-hydrogen) atoms. The Morgan fingerprint density at radius 3 is 2.44 bits per heavy atom. The van der Waals surface area contributed by atoms with E-state index in [0.717, 1.165) is 12.5 Å². The number of amides is 1. The van der Waals surface area contributed by atoms with Gasteiger partial charge in [0, 0.05) is 12.6 Å². The van der Waals surface area contributed by atoms with Gasteiger partial charge in [-0.3, -0.25) is 4.79 Å². The van der Waals surface area contributed by atoms with Crippen LogP contribution in [0.5, 0.6) is 0 Å². The van der Waals surface area contributed by atoms with E-state index in [1.165, 1.54) is 6.07 Å². The van der Waals surface area contributed by atoms with E-state index in [-0.39, 0.29) is 21.6 Å². The molecule has 1 aromatic rings. The molecule has 1 aromatic heterocycles. The standard InChI is InChI=1S/C19H29FN2O3S2/c1-11-13-9-12(19(13,5)6)10-22(11)17(23)16(18(2,3)4)21-27(24,25)15-8-7-14(20)26-15/h7-8,11-13,16,21H,9-10H2,1-6H3/t11-,12?,13+,16-/m1/s1. The molecule has 1 amide bonds. The number of halogens is 1. The topological polar surface area (TPSA) is 66.5 Å². The number of nitrogens with one attached hydrogen (secondary N) is 1. The largest absolute Gasteiger partial charge is 0.338 e. The van der Waals surface area contributed by atoms with Crippen molar-refractivity contribution in [3.63, 3.8) is 0 Å². The van der Waals surface area contributed by atoms with Gasteiger partial charge in [0.2, 0.25) is 5.91 Å². The van der Waals surface area contributed by atoms with Gasteiger partial charge in [-0.05, 0) is 48.1 Å². The second-order valence-corrected chi connectivity index (χ2v) is 12.5. The Kier molecular flexibility index (Phi) is 5.01. The van der Waals surface area contributed by atoms with Gasteiger partial charge in [0.05, 0.1) is 0 Å². The monoisotopic (exact) mass is 416 g/mol. The third-order valence-electron chi connectivity index (χ3n) is 6.52. The van der Waals surface area contributed by atoms with Crippen LogP contribution in [0.1, 0.15) is 48.0 Å². The zero-order valence-electron chi connectivity index (χ0n) is 16.7. The predicted molar refractivity (Wildman–Crippen MR) is 104 cm³/mol. The molecule has 3 heterocycles. The first kappa shape index (κ1) is 20.7. The van der Waals surface area contributed by atoms with E-state index in [4.69, 9.17) is 0 Å². The average molecular weight is 417 g/mol. The number of rotatable bonds is 4. The molecule has 4 rings (SSSR count). The Morgan fingerprint density at radius 1 is 1.37 bits per heavy atom. The molecule has 152 valence electrons. The summed E-state index contributed by atoms with van der Waals surface area (Å²) in [4.78, 5) is 15.2. The summed E-state index contributed by atoms with van der Waals surface area (Å²) >= 11 is 0.560. The lowest BCUT2D eigenvalue weighted by Crippen LogP contribution is -2.68. The van der Waals surface area contributed by atoms with Crippen molar-refractivity contribution < 1.29 is 17.6 Å². The maximum Gasteiger partial charge on any atom is 0.250 e. The van der Waals surface area contributed by atoms with E-state index in [9.17, 15) is 17.6 Å². The summed E-state index contributed by atoms with van der Waals surface area (Å²) in [6.07, 6.45) is 1.12. The quantitative estimate of drug-likeness (QED) is 0.817. The lowest BCUT2D eigenvalue weighted by molar-refractivity contribution is -0.169. The van der Waals surface area contributed by atoms with Crippen molar-refractivity contribution in [1.82, 2.24) is 9.62 Å². The summed E-state index contributed by atoms with van der Waals surface area (Å²) in [7, 11) is -3.97. The summed E-state index contributed by atoms with van der Waals surface area (Å²) in [5, 5.41) is -0.569. The first-order chi connectivity index (χ1) is 12.2. The number of piperidine rings is 2. The molecule has 3 fully saturated rings. The number of carbonyl (C=O) groups excluding carboxylic acids is 1. The van der Waals surface area contributed by atoms with Gasteiger partial charge in [-0.25, -0.2) is 8.42 Å². The van der Waals surface area contributed by atoms with Crippen LogP contribution in [0, 0.1) is 27.8 Å². The molecule has 1 aliphatic carbocycles. The second kappa shape index (κ2) is 6.52. The first-order valence-electron chi connectivity index (χ1n) is 9.33. The van der Waals surface area contributed by atoms with E-state index in [1.54, 1.807) is 0 Å². The molecule has 1 N–H and O–H groups in total. The van der Waals surface area contributed by atoms with Gasteiger partial charge in [-0.2, -0.15) is 9.11 Å². The Bertz CT molecular complexity index is 841. The molecule has 0 aromatic carbocycles. The van der Waals surface area contributed by atoms with Crippen molar-refractivity contribution in [2.75, 3.05) is 6.54 Å². The molecular formula is C19H29FN2O3S2. The molecule has 0 spiro atoms. The number of carbonyl (C=O) groups is 1. The van der Waals surface area contributed by atoms with Crippen molar-refractivity contribution in [3.05, 3.63) is 17.3 Å². The lowest BCUT2D eigenvalue weighted by atomic mass is 9.50. The van der Waals surface area contributed by atoms with Crippen LogP contribution in [0.3, 0.4) is 0 Å². The summed E-state index contributed by atoms with van der Waals surface area (Å²) in [6, 6.07) is 1.52. The molecule has 2 aliphatic heterocycles. The van der Waals surface area contributed by atoms with Gasteiger partial charge < -0.3 is 4.90 Å². The van der Waals surface area contributed by atoms with Crippen LogP contribution in [0.25, 0.3) is 0 Å². The van der Waals surface area contributed by atoms with Gasteiger partial charge in [-0.15, -0.1) is 0 Å². The molecule has 4 atom stereocenters. The van der Waals surface area contributed by atoms with Crippen LogP contribution in [-0.4, -0.2) is 37.9 Å². The minimum Gasteiger partial charge on any atom is -0.338 e. The van der Waals surface area contributed by atoms with Crippen LogP contribution in [-0.2, 0) is 14.8 Å². The normalized spacial score (nSPS) is 28.6. The lowest BCUT2D eigenvalue weighted by Gasteiger charge is -2.63. The Balaban J connectivity index is 1.85. The summed E-state index contributed by atoms with van der Waals surface area (Å²) in [6.45, 7) is 12.7. The fourth-order valence-corrected chi connectivity index (χ4v) is 6.93. The summed E-state index contributed by atoms with van der Waals surface area (Å²) < 4.78 is 41.2. The van der Waals surface area contributed by atoms with E-state index < -0.39 is 26.6 Å². The molecule has 1 unspecified atom stereocenters. The highest BCUT2D eigenvalue weighted by atomic mass is 32.2. The maximum atomic E-state index is 13.4. The Hall–Kier alpha value is -0.990. The van der Waals surface area contributed by atoms with Gasteiger partial charge in [0.25, 0.3) is 10.0 Å². The highest BCUT2D eigenvalue weighted by Gasteiger charge is 2.57. The van der Waals surface area contributed by atoms with Crippen LogP contribution >= 0.6 is 11.3 Å². The third-order valence-corrected chi connectivity index (χ3v) is 9.31. The van der Waals surface area contributed by atoms with Crippen molar-refractivity contribution in [1.29, 1.82) is 0 Å². The van der Waals surface area contributed by atoms with Gasteiger partial charge >= 0.3 is 0 Å². The minimum absolute atomic E-state index is 0.0750. The zero-order valence-corrected chi connectivity index (χ0v) is 18.4. The van der Waals surface area contributed by atoms with Gasteiger partial charge in [0.1, 0.15) is 10.3 Å². The van der Waals surface area contributed by atoms with Crippen molar-refractivity contribution in [2.24, 2.45) is 22.7 Å². The number of hydrogen-bond acceptors (Lipinski definition) is 4. The van der Waals surface area contributed by atoms with Crippen LogP contribution in [0.4, 0.5) is 4.39 Å². The second-order valence-electron chi connectivity index (χ2n) is 9.57. The summed E-state index contributed by atoms with van der Waals surface area (Å²) in [5.41, 5.74) is -0.391. The van der Waals surface area contributed by atoms with Gasteiger partial charge in [-0.1, -0.05) is 46.0 Å². The van der Waals surface area contributed by atoms with E-state index in [2.05, 4.69) is 25.5 Å².